The van der Waals surface area contributed by atoms with Crippen LogP contribution < -0.4 is 5.73 Å². The summed E-state index contributed by atoms with van der Waals surface area (Å²) in [7, 11) is -4.62. The molecule has 1 aromatic carbocycles. The van der Waals surface area contributed by atoms with Crippen molar-refractivity contribution in [2.45, 2.75) is 4.90 Å². The van der Waals surface area contributed by atoms with E-state index in [1.807, 2.05) is 0 Å². The Morgan fingerprint density at radius 1 is 1.40 bits per heavy atom. The van der Waals surface area contributed by atoms with E-state index < -0.39 is 25.6 Å². The molecule has 0 amide bonds. The van der Waals surface area contributed by atoms with Gasteiger partial charge in [0.2, 0.25) is 0 Å². The molecule has 0 unspecified atom stereocenters. The van der Waals surface area contributed by atoms with Crippen LogP contribution in [0.2, 0.25) is 0 Å². The van der Waals surface area contributed by atoms with Gasteiger partial charge in [-0.25, -0.2) is 0 Å². The molecule has 3 N–H and O–H groups in total. The maximum absolute atomic E-state index is 10.7. The monoisotopic (exact) mass is 242 g/mol. The van der Waals surface area contributed by atoms with Crippen molar-refractivity contribution in [2.24, 2.45) is 0 Å². The second kappa shape index (κ2) is 4.90. The van der Waals surface area contributed by atoms with Crippen molar-refractivity contribution in [1.82, 2.24) is 0 Å². The molecule has 0 aliphatic heterocycles. The molecule has 0 spiro atoms. The van der Waals surface area contributed by atoms with Crippen molar-refractivity contribution in [3.8, 4) is 0 Å². The first kappa shape index (κ1) is 14.3. The third-order valence-electron chi connectivity index (χ3n) is 1.49. The average Bonchev–Trinajstić information content (AvgIpc) is 2.01. The van der Waals surface area contributed by atoms with Crippen molar-refractivity contribution in [1.29, 1.82) is 0 Å². The Kier molecular flexibility index (Phi) is 4.68. The minimum absolute atomic E-state index is 0. The van der Waals surface area contributed by atoms with Gasteiger partial charge in [0.25, 0.3) is 0 Å². The molecule has 9 heteroatoms. The Bertz CT molecular complexity index is 486. The summed E-state index contributed by atoms with van der Waals surface area (Å²) < 4.78 is 30.1. The van der Waals surface area contributed by atoms with Crippen LogP contribution in [0.15, 0.2) is 23.1 Å². The zero-order valence-corrected chi connectivity index (χ0v) is 7.56. The van der Waals surface area contributed by atoms with Crippen molar-refractivity contribution < 1.29 is 17.9 Å². The van der Waals surface area contributed by atoms with Gasteiger partial charge in [-0.3, -0.25) is 14.7 Å². The number of benzene rings is 1. The third kappa shape index (κ3) is 3.14. The maximum atomic E-state index is 10.7. The quantitative estimate of drug-likeness (QED) is 0.243. The van der Waals surface area contributed by atoms with Crippen LogP contribution in [0.25, 0.3) is 0 Å². The van der Waals surface area contributed by atoms with Crippen LogP contribution in [0.1, 0.15) is 0 Å². The number of hydrogen-bond acceptors (Lipinski definition) is 5. The Labute approximate surface area is 107 Å². The molecule has 15 heavy (non-hydrogen) atoms. The fraction of sp³-hybridized carbons (Fsp3) is 0. The standard InChI is InChI=1S/C6H6N2O5S.Na.H/c7-4-2-1-3-5(14(11,12)13)6(4)8(9)10;;/h1-3H,7H2,(H,11,12,13);;. The third-order valence-corrected chi connectivity index (χ3v) is 2.38. The van der Waals surface area contributed by atoms with Crippen LogP contribution in [0.5, 0.6) is 0 Å². The van der Waals surface area contributed by atoms with Gasteiger partial charge in [-0.2, -0.15) is 8.42 Å². The van der Waals surface area contributed by atoms with Gasteiger partial charge in [0, 0.05) is 0 Å². The normalized spacial score (nSPS) is 10.5. The van der Waals surface area contributed by atoms with E-state index in [4.69, 9.17) is 10.3 Å². The van der Waals surface area contributed by atoms with Crippen molar-refractivity contribution >= 4 is 51.1 Å². The number of nitrogens with zero attached hydrogens (tertiary/aromatic N) is 1. The van der Waals surface area contributed by atoms with Gasteiger partial charge in [0.05, 0.1) is 4.92 Å². The van der Waals surface area contributed by atoms with Gasteiger partial charge in [-0.1, -0.05) is 6.07 Å². The molecule has 0 saturated carbocycles. The van der Waals surface area contributed by atoms with Gasteiger partial charge >= 0.3 is 45.4 Å². The first-order chi connectivity index (χ1) is 6.34. The summed E-state index contributed by atoms with van der Waals surface area (Å²) in [6.07, 6.45) is 0. The number of nitro benzene ring substituents is 1. The number of hydrogen-bond donors (Lipinski definition) is 2. The molecule has 0 saturated heterocycles. The fourth-order valence-electron chi connectivity index (χ4n) is 0.943. The van der Waals surface area contributed by atoms with Crippen molar-refractivity contribution in [2.75, 3.05) is 5.73 Å². The van der Waals surface area contributed by atoms with Crippen LogP contribution in [0, 0.1) is 10.1 Å². The predicted octanol–water partition coefficient (Wildman–Crippen LogP) is -0.225. The molecule has 78 valence electrons. The number of nitrogens with two attached hydrogens (primary N) is 1. The van der Waals surface area contributed by atoms with Crippen LogP contribution in [-0.4, -0.2) is 47.5 Å². The van der Waals surface area contributed by atoms with E-state index in [1.165, 1.54) is 12.1 Å². The molecule has 7 nitrogen and oxygen atoms in total. The predicted molar refractivity (Wildman–Crippen MR) is 54.5 cm³/mol. The summed E-state index contributed by atoms with van der Waals surface area (Å²) in [5, 5.41) is 10.4. The van der Waals surface area contributed by atoms with E-state index in [9.17, 15) is 18.5 Å². The fourth-order valence-corrected chi connectivity index (χ4v) is 1.63. The topological polar surface area (TPSA) is 124 Å². The number of nitrogen functional groups attached to an aromatic ring is 1. The summed E-state index contributed by atoms with van der Waals surface area (Å²) in [5.74, 6) is 0. The molecule has 0 atom stereocenters. The molecule has 0 aliphatic carbocycles. The van der Waals surface area contributed by atoms with E-state index in [-0.39, 0.29) is 35.2 Å². The molecule has 0 heterocycles. The summed E-state index contributed by atoms with van der Waals surface area (Å²) in [6.45, 7) is 0. The summed E-state index contributed by atoms with van der Waals surface area (Å²) in [6, 6.07) is 3.28. The van der Waals surface area contributed by atoms with Gasteiger partial charge in [0.1, 0.15) is 5.69 Å². The summed E-state index contributed by atoms with van der Waals surface area (Å²) >= 11 is 0. The van der Waals surface area contributed by atoms with Gasteiger partial charge in [0.15, 0.2) is 4.90 Å². The molecule has 0 radical (unpaired) electrons. The molecular weight excluding hydrogens is 235 g/mol. The van der Waals surface area contributed by atoms with Gasteiger partial charge in [-0.05, 0) is 12.1 Å². The number of nitro groups is 1. The zero-order chi connectivity index (χ0) is 10.9. The SMILES string of the molecule is Nc1cccc(S(=O)(=O)O)c1[N+](=O)[O-].[NaH]. The Balaban J connectivity index is 0.00000196. The van der Waals surface area contributed by atoms with Crippen LogP contribution >= 0.6 is 0 Å². The van der Waals surface area contributed by atoms with Crippen molar-refractivity contribution in [3.05, 3.63) is 28.3 Å². The van der Waals surface area contributed by atoms with E-state index in [0.29, 0.717) is 0 Å². The molecule has 1 rings (SSSR count). The zero-order valence-electron chi connectivity index (χ0n) is 6.75. The van der Waals surface area contributed by atoms with Gasteiger partial charge < -0.3 is 5.73 Å². The summed E-state index contributed by atoms with van der Waals surface area (Å²) in [4.78, 5) is 8.68. The number of rotatable bonds is 2. The minimum atomic E-state index is -4.62. The van der Waals surface area contributed by atoms with Crippen LogP contribution in [-0.2, 0) is 10.1 Å². The molecule has 0 bridgehead atoms. The Morgan fingerprint density at radius 3 is 2.27 bits per heavy atom. The van der Waals surface area contributed by atoms with E-state index in [0.717, 1.165) is 6.07 Å². The van der Waals surface area contributed by atoms with Crippen LogP contribution in [0.4, 0.5) is 11.4 Å². The molecular formula is C6H7N2NaO5S. The molecule has 1 aromatic rings. The Hall–Kier alpha value is -0.670. The first-order valence-corrected chi connectivity index (χ1v) is 4.78. The van der Waals surface area contributed by atoms with Crippen molar-refractivity contribution in [3.63, 3.8) is 0 Å². The second-order valence-electron chi connectivity index (χ2n) is 2.43. The van der Waals surface area contributed by atoms with E-state index >= 15 is 0 Å². The molecule has 0 fully saturated rings. The van der Waals surface area contributed by atoms with Crippen LogP contribution in [0.3, 0.4) is 0 Å². The Morgan fingerprint density at radius 2 is 1.93 bits per heavy atom. The van der Waals surface area contributed by atoms with E-state index in [2.05, 4.69) is 0 Å². The second-order valence-corrected chi connectivity index (χ2v) is 3.82. The molecule has 0 aromatic heterocycles. The summed E-state index contributed by atoms with van der Waals surface area (Å²) in [5.41, 5.74) is 4.08. The number of para-hydroxylation sites is 1. The molecule has 0 aliphatic rings. The van der Waals surface area contributed by atoms with Gasteiger partial charge in [-0.15, -0.1) is 0 Å². The average molecular weight is 242 g/mol. The first-order valence-electron chi connectivity index (χ1n) is 3.34. The van der Waals surface area contributed by atoms with E-state index in [1.54, 1.807) is 0 Å². The number of anilines is 1.